The van der Waals surface area contributed by atoms with Crippen LogP contribution < -0.4 is 5.73 Å². The van der Waals surface area contributed by atoms with E-state index in [-0.39, 0.29) is 11.7 Å². The van der Waals surface area contributed by atoms with Crippen LogP contribution in [0.1, 0.15) is 41.6 Å². The third kappa shape index (κ3) is 4.49. The van der Waals surface area contributed by atoms with Gasteiger partial charge in [0.05, 0.1) is 16.8 Å². The lowest BCUT2D eigenvalue weighted by Crippen LogP contribution is -2.38. The molecule has 1 aromatic heterocycles. The van der Waals surface area contributed by atoms with Crippen molar-refractivity contribution in [2.24, 2.45) is 5.73 Å². The van der Waals surface area contributed by atoms with E-state index in [2.05, 4.69) is 47.4 Å². The fourth-order valence-electron chi connectivity index (χ4n) is 5.06. The number of sulfonamides is 1. The van der Waals surface area contributed by atoms with E-state index < -0.39 is 15.9 Å². The van der Waals surface area contributed by atoms with Crippen molar-refractivity contribution in [2.45, 2.75) is 25.7 Å². The normalized spacial score (nSPS) is 15.5. The molecular formula is C28H29N3O3S. The molecule has 35 heavy (non-hydrogen) atoms. The molecule has 0 unspecified atom stereocenters. The third-order valence-corrected chi connectivity index (χ3v) is 8.95. The Morgan fingerprint density at radius 2 is 1.54 bits per heavy atom. The highest BCUT2D eigenvalue weighted by Gasteiger charge is 2.29. The minimum atomic E-state index is -3.18. The SMILES string of the molecule is CCS(=O)(=O)N1CCC(c2c[nH]c3c(C(N)=O)cc(-c4ccc(-c5ccccc5)cc4)cc23)CC1. The molecule has 0 saturated carbocycles. The number of aromatic nitrogens is 1. The second-order valence-corrected chi connectivity index (χ2v) is 11.3. The Kier molecular flexibility index (Phi) is 6.21. The van der Waals surface area contributed by atoms with E-state index in [0.717, 1.165) is 51.6 Å². The molecule has 0 radical (unpaired) electrons. The molecule has 1 saturated heterocycles. The Bertz CT molecular complexity index is 1470. The molecule has 3 aromatic carbocycles. The summed E-state index contributed by atoms with van der Waals surface area (Å²) in [6.07, 6.45) is 3.44. The molecule has 5 rings (SSSR count). The molecule has 0 bridgehead atoms. The van der Waals surface area contributed by atoms with Crippen molar-refractivity contribution in [2.75, 3.05) is 18.8 Å². The number of piperidine rings is 1. The van der Waals surface area contributed by atoms with E-state index in [9.17, 15) is 13.2 Å². The minimum absolute atomic E-state index is 0.124. The van der Waals surface area contributed by atoms with Crippen LogP contribution in [0.2, 0.25) is 0 Å². The van der Waals surface area contributed by atoms with Crippen molar-refractivity contribution in [1.29, 1.82) is 0 Å². The summed E-state index contributed by atoms with van der Waals surface area (Å²) in [6.45, 7) is 2.70. The van der Waals surface area contributed by atoms with Gasteiger partial charge in [-0.1, -0.05) is 54.6 Å². The van der Waals surface area contributed by atoms with Crippen molar-refractivity contribution in [1.82, 2.24) is 9.29 Å². The predicted molar refractivity (Wildman–Crippen MR) is 141 cm³/mol. The van der Waals surface area contributed by atoms with E-state index >= 15 is 0 Å². The summed E-state index contributed by atoms with van der Waals surface area (Å²) in [4.78, 5) is 15.6. The lowest BCUT2D eigenvalue weighted by atomic mass is 9.88. The van der Waals surface area contributed by atoms with Crippen LogP contribution >= 0.6 is 0 Å². The van der Waals surface area contributed by atoms with Crippen LogP contribution in [0.25, 0.3) is 33.2 Å². The largest absolute Gasteiger partial charge is 0.366 e. The van der Waals surface area contributed by atoms with E-state index in [1.165, 1.54) is 0 Å². The first kappa shape index (κ1) is 23.3. The minimum Gasteiger partial charge on any atom is -0.366 e. The average Bonchev–Trinajstić information content (AvgIpc) is 3.33. The van der Waals surface area contributed by atoms with Crippen LogP contribution in [-0.4, -0.2) is 42.5 Å². The molecule has 0 aliphatic carbocycles. The number of nitrogens with zero attached hydrogens (tertiary/aromatic N) is 1. The maximum Gasteiger partial charge on any atom is 0.250 e. The lowest BCUT2D eigenvalue weighted by molar-refractivity contribution is 0.100. The third-order valence-electron chi connectivity index (χ3n) is 7.06. The fourth-order valence-corrected chi connectivity index (χ4v) is 6.20. The number of rotatable bonds is 6. The highest BCUT2D eigenvalue weighted by molar-refractivity contribution is 7.89. The number of H-pyrrole nitrogens is 1. The first-order chi connectivity index (χ1) is 16.9. The number of nitrogens with two attached hydrogens (primary N) is 1. The number of hydrogen-bond acceptors (Lipinski definition) is 3. The number of hydrogen-bond donors (Lipinski definition) is 2. The molecule has 0 spiro atoms. The van der Waals surface area contributed by atoms with Crippen molar-refractivity contribution in [3.8, 4) is 22.3 Å². The predicted octanol–water partition coefficient (Wildman–Crippen LogP) is 5.13. The molecule has 0 atom stereocenters. The molecule has 2 heterocycles. The highest BCUT2D eigenvalue weighted by Crippen LogP contribution is 2.37. The quantitative estimate of drug-likeness (QED) is 0.395. The van der Waals surface area contributed by atoms with Gasteiger partial charge in [0, 0.05) is 24.7 Å². The zero-order valence-corrected chi connectivity index (χ0v) is 20.5. The number of fused-ring (bicyclic) bond motifs is 1. The van der Waals surface area contributed by atoms with Gasteiger partial charge < -0.3 is 10.7 Å². The molecule has 1 aliphatic heterocycles. The first-order valence-electron chi connectivity index (χ1n) is 12.0. The number of aromatic amines is 1. The van der Waals surface area contributed by atoms with Gasteiger partial charge in [0.25, 0.3) is 5.91 Å². The number of amides is 1. The van der Waals surface area contributed by atoms with E-state index in [0.29, 0.717) is 18.7 Å². The second-order valence-electron chi connectivity index (χ2n) is 9.07. The van der Waals surface area contributed by atoms with Gasteiger partial charge in [-0.2, -0.15) is 0 Å². The highest BCUT2D eigenvalue weighted by atomic mass is 32.2. The number of nitrogens with one attached hydrogen (secondary N) is 1. The summed E-state index contributed by atoms with van der Waals surface area (Å²) in [5.41, 5.74) is 12.3. The molecule has 4 aromatic rings. The van der Waals surface area contributed by atoms with E-state index in [1.54, 1.807) is 11.2 Å². The number of carbonyl (C=O) groups is 1. The molecule has 180 valence electrons. The second kappa shape index (κ2) is 9.32. The van der Waals surface area contributed by atoms with Crippen LogP contribution in [0.15, 0.2) is 72.9 Å². The Balaban J connectivity index is 1.50. The maximum absolute atomic E-state index is 12.3. The van der Waals surface area contributed by atoms with Crippen LogP contribution in [0.3, 0.4) is 0 Å². The van der Waals surface area contributed by atoms with Gasteiger partial charge in [0.15, 0.2) is 0 Å². The summed E-state index contributed by atoms with van der Waals surface area (Å²) in [5.74, 6) is -0.141. The molecule has 1 fully saturated rings. The topological polar surface area (TPSA) is 96.3 Å². The Labute approximate surface area is 205 Å². The van der Waals surface area contributed by atoms with Gasteiger partial charge in [-0.3, -0.25) is 4.79 Å². The van der Waals surface area contributed by atoms with Crippen LogP contribution in [0.4, 0.5) is 0 Å². The standard InChI is InChI=1S/C28H29N3O3S/c1-2-35(33,34)31-14-12-22(13-15-31)26-18-30-27-24(26)16-23(17-25(27)28(29)32)21-10-8-20(9-11-21)19-6-4-3-5-7-19/h3-11,16-18,22,30H,2,12-15H2,1H3,(H2,29,32). The first-order valence-corrected chi connectivity index (χ1v) is 13.6. The zero-order valence-electron chi connectivity index (χ0n) is 19.7. The van der Waals surface area contributed by atoms with Crippen molar-refractivity contribution in [3.63, 3.8) is 0 Å². The van der Waals surface area contributed by atoms with E-state index in [4.69, 9.17) is 5.73 Å². The maximum atomic E-state index is 12.3. The Morgan fingerprint density at radius 1 is 0.943 bits per heavy atom. The van der Waals surface area contributed by atoms with Crippen molar-refractivity contribution in [3.05, 3.63) is 84.1 Å². The van der Waals surface area contributed by atoms with Gasteiger partial charge in [-0.05, 0) is 65.6 Å². The molecule has 1 amide bonds. The van der Waals surface area contributed by atoms with Crippen LogP contribution in [-0.2, 0) is 10.0 Å². The van der Waals surface area contributed by atoms with Gasteiger partial charge in [0.2, 0.25) is 10.0 Å². The summed E-state index contributed by atoms with van der Waals surface area (Å²) in [7, 11) is -3.18. The smallest absolute Gasteiger partial charge is 0.250 e. The number of benzene rings is 3. The average molecular weight is 488 g/mol. The van der Waals surface area contributed by atoms with Gasteiger partial charge in [-0.15, -0.1) is 0 Å². The summed E-state index contributed by atoms with van der Waals surface area (Å²) < 4.78 is 26.1. The van der Waals surface area contributed by atoms with Gasteiger partial charge >= 0.3 is 0 Å². The molecule has 1 aliphatic rings. The van der Waals surface area contributed by atoms with Gasteiger partial charge in [0.1, 0.15) is 0 Å². The number of primary amides is 1. The van der Waals surface area contributed by atoms with Gasteiger partial charge in [-0.25, -0.2) is 12.7 Å². The fraction of sp³-hybridized carbons (Fsp3) is 0.250. The van der Waals surface area contributed by atoms with Crippen LogP contribution in [0, 0.1) is 0 Å². The Morgan fingerprint density at radius 3 is 2.14 bits per heavy atom. The molecule has 7 heteroatoms. The van der Waals surface area contributed by atoms with Crippen molar-refractivity contribution >= 4 is 26.8 Å². The van der Waals surface area contributed by atoms with E-state index in [1.807, 2.05) is 30.5 Å². The molecule has 3 N–H and O–H groups in total. The van der Waals surface area contributed by atoms with Crippen molar-refractivity contribution < 1.29 is 13.2 Å². The summed E-state index contributed by atoms with van der Waals surface area (Å²) in [6, 6.07) is 22.5. The van der Waals surface area contributed by atoms with Crippen LogP contribution in [0.5, 0.6) is 0 Å². The zero-order chi connectivity index (χ0) is 24.6. The summed E-state index contributed by atoms with van der Waals surface area (Å²) >= 11 is 0. The monoisotopic (exact) mass is 487 g/mol. The molecule has 6 nitrogen and oxygen atoms in total. The lowest BCUT2D eigenvalue weighted by Gasteiger charge is -2.31. The summed E-state index contributed by atoms with van der Waals surface area (Å²) in [5, 5.41) is 0.972. The number of carbonyl (C=O) groups excluding carboxylic acids is 1. The Hall–Kier alpha value is -3.42. The molecular weight excluding hydrogens is 458 g/mol.